The fourth-order valence-electron chi connectivity index (χ4n) is 1.30. The van der Waals surface area contributed by atoms with Crippen LogP contribution in [0.4, 0.5) is 17.6 Å². The predicted molar refractivity (Wildman–Crippen MR) is 66.2 cm³/mol. The number of nitrogens with one attached hydrogen (secondary N) is 1. The van der Waals surface area contributed by atoms with E-state index in [2.05, 4.69) is 0 Å². The van der Waals surface area contributed by atoms with Crippen LogP contribution >= 0.6 is 0 Å². The second-order valence-electron chi connectivity index (χ2n) is 5.00. The summed E-state index contributed by atoms with van der Waals surface area (Å²) in [6.45, 7) is 4.60. The van der Waals surface area contributed by atoms with Gasteiger partial charge in [0, 0.05) is 5.56 Å². The van der Waals surface area contributed by atoms with Crippen molar-refractivity contribution in [3.63, 3.8) is 0 Å². The Morgan fingerprint density at radius 1 is 1.16 bits per heavy atom. The van der Waals surface area contributed by atoms with Crippen molar-refractivity contribution in [1.29, 1.82) is 0 Å². The third-order valence-electron chi connectivity index (χ3n) is 2.32. The minimum absolute atomic E-state index is 0.562. The second kappa shape index (κ2) is 5.58. The van der Waals surface area contributed by atoms with Gasteiger partial charge < -0.3 is 0 Å². The average molecular weight is 297 g/mol. The lowest BCUT2D eigenvalue weighted by Crippen LogP contribution is -2.41. The highest BCUT2D eigenvalue weighted by molar-refractivity contribution is 7.84. The van der Waals surface area contributed by atoms with Gasteiger partial charge in [0.15, 0.2) is 0 Å². The third-order valence-corrected chi connectivity index (χ3v) is 3.89. The zero-order chi connectivity index (χ0) is 14.8. The molecule has 2 nitrogen and oxygen atoms in total. The van der Waals surface area contributed by atoms with Gasteiger partial charge in [0.05, 0.1) is 15.7 Å². The van der Waals surface area contributed by atoms with Crippen LogP contribution in [0.3, 0.4) is 0 Å². The highest BCUT2D eigenvalue weighted by Gasteiger charge is 2.44. The Hall–Kier alpha value is -0.950. The van der Waals surface area contributed by atoms with E-state index in [-0.39, 0.29) is 0 Å². The standard InChI is InChI=1S/C12H15F4NOS/c1-11(2,3)19(18)17-10(12(14,15)16)8-6-4-5-7-9(8)13/h4-7,10,17H,1-3H3/t10-,19+/m1/s1. The molecule has 0 bridgehead atoms. The summed E-state index contributed by atoms with van der Waals surface area (Å²) in [6.07, 6.45) is -4.73. The summed E-state index contributed by atoms with van der Waals surface area (Å²) in [5.41, 5.74) is -0.562. The van der Waals surface area contributed by atoms with Gasteiger partial charge in [-0.25, -0.2) is 13.3 Å². The van der Waals surface area contributed by atoms with Gasteiger partial charge >= 0.3 is 6.18 Å². The van der Waals surface area contributed by atoms with Crippen LogP contribution in [0, 0.1) is 5.82 Å². The number of rotatable bonds is 3. The Kier molecular flexibility index (Phi) is 4.73. The Labute approximate surface area is 111 Å². The Balaban J connectivity index is 3.12. The predicted octanol–water partition coefficient (Wildman–Crippen LogP) is 3.48. The molecule has 0 unspecified atom stereocenters. The number of alkyl halides is 3. The van der Waals surface area contributed by atoms with Crippen molar-refractivity contribution in [3.8, 4) is 0 Å². The van der Waals surface area contributed by atoms with Crippen molar-refractivity contribution < 1.29 is 21.8 Å². The molecule has 0 saturated carbocycles. The van der Waals surface area contributed by atoms with Crippen molar-refractivity contribution in [2.45, 2.75) is 37.7 Å². The van der Waals surface area contributed by atoms with E-state index in [4.69, 9.17) is 0 Å². The van der Waals surface area contributed by atoms with Gasteiger partial charge in [0.1, 0.15) is 11.9 Å². The van der Waals surface area contributed by atoms with Crippen LogP contribution in [0.2, 0.25) is 0 Å². The maximum absolute atomic E-state index is 13.5. The van der Waals surface area contributed by atoms with Crippen molar-refractivity contribution in [3.05, 3.63) is 35.6 Å². The molecule has 1 N–H and O–H groups in total. The van der Waals surface area contributed by atoms with Gasteiger partial charge in [-0.2, -0.15) is 13.2 Å². The van der Waals surface area contributed by atoms with Crippen LogP contribution in [-0.2, 0) is 11.0 Å². The minimum atomic E-state index is -4.73. The van der Waals surface area contributed by atoms with E-state index >= 15 is 0 Å². The summed E-state index contributed by atoms with van der Waals surface area (Å²) in [7, 11) is -1.96. The lowest BCUT2D eigenvalue weighted by atomic mass is 10.1. The number of hydrogen-bond acceptors (Lipinski definition) is 1. The summed E-state index contributed by atoms with van der Waals surface area (Å²) in [6, 6.07) is 2.27. The molecule has 0 heterocycles. The van der Waals surface area contributed by atoms with Crippen molar-refractivity contribution in [2.75, 3.05) is 0 Å². The molecule has 1 aromatic rings. The van der Waals surface area contributed by atoms with Crippen LogP contribution in [0.25, 0.3) is 0 Å². The summed E-state index contributed by atoms with van der Waals surface area (Å²) >= 11 is 0. The lowest BCUT2D eigenvalue weighted by Gasteiger charge is -2.26. The van der Waals surface area contributed by atoms with E-state index in [0.717, 1.165) is 12.1 Å². The average Bonchev–Trinajstić information content (AvgIpc) is 2.24. The van der Waals surface area contributed by atoms with E-state index in [0.29, 0.717) is 0 Å². The topological polar surface area (TPSA) is 29.1 Å². The monoisotopic (exact) mass is 297 g/mol. The Morgan fingerprint density at radius 2 is 1.68 bits per heavy atom. The molecule has 0 fully saturated rings. The van der Waals surface area contributed by atoms with Gasteiger partial charge in [-0.05, 0) is 26.8 Å². The third kappa shape index (κ3) is 4.28. The molecular formula is C12H15F4NOS. The van der Waals surface area contributed by atoms with E-state index < -0.39 is 39.3 Å². The molecule has 0 aliphatic heterocycles. The molecule has 0 aliphatic carbocycles. The van der Waals surface area contributed by atoms with E-state index in [1.807, 2.05) is 4.72 Å². The summed E-state index contributed by atoms with van der Waals surface area (Å²) < 4.78 is 65.3. The summed E-state index contributed by atoms with van der Waals surface area (Å²) in [4.78, 5) is 0. The first-order valence-corrected chi connectivity index (χ1v) is 6.67. The van der Waals surface area contributed by atoms with Crippen molar-refractivity contribution in [1.82, 2.24) is 4.72 Å². The molecule has 7 heteroatoms. The molecule has 0 amide bonds. The Morgan fingerprint density at radius 3 is 2.11 bits per heavy atom. The molecule has 2 atom stereocenters. The second-order valence-corrected chi connectivity index (χ2v) is 6.99. The number of halogens is 4. The van der Waals surface area contributed by atoms with Gasteiger partial charge in [0.2, 0.25) is 0 Å². The molecule has 108 valence electrons. The van der Waals surface area contributed by atoms with Crippen molar-refractivity contribution in [2.24, 2.45) is 0 Å². The first-order chi connectivity index (χ1) is 8.53. The number of hydrogen-bond donors (Lipinski definition) is 1. The maximum Gasteiger partial charge on any atom is 0.408 e. The van der Waals surface area contributed by atoms with E-state index in [1.54, 1.807) is 0 Å². The molecule has 1 aromatic carbocycles. The lowest BCUT2D eigenvalue weighted by molar-refractivity contribution is -0.153. The zero-order valence-electron chi connectivity index (χ0n) is 10.7. The first kappa shape index (κ1) is 16.1. The normalized spacial score (nSPS) is 16.2. The van der Waals surface area contributed by atoms with Gasteiger partial charge in [-0.1, -0.05) is 18.2 Å². The highest BCUT2D eigenvalue weighted by atomic mass is 32.2. The molecule has 0 aliphatic rings. The molecule has 0 radical (unpaired) electrons. The van der Waals surface area contributed by atoms with Crippen LogP contribution in [-0.4, -0.2) is 15.1 Å². The minimum Gasteiger partial charge on any atom is -0.242 e. The Bertz CT molecular complexity index is 468. The van der Waals surface area contributed by atoms with Gasteiger partial charge in [0.25, 0.3) is 0 Å². The van der Waals surface area contributed by atoms with E-state index in [1.165, 1.54) is 32.9 Å². The molecule has 0 saturated heterocycles. The van der Waals surface area contributed by atoms with Crippen LogP contribution in [0.5, 0.6) is 0 Å². The molecular weight excluding hydrogens is 282 g/mol. The summed E-state index contributed by atoms with van der Waals surface area (Å²) in [5.74, 6) is -0.983. The molecule has 0 aromatic heterocycles. The quantitative estimate of drug-likeness (QED) is 0.850. The van der Waals surface area contributed by atoms with E-state index in [9.17, 15) is 21.8 Å². The smallest absolute Gasteiger partial charge is 0.242 e. The first-order valence-electron chi connectivity index (χ1n) is 5.52. The molecule has 19 heavy (non-hydrogen) atoms. The zero-order valence-corrected chi connectivity index (χ0v) is 11.5. The fourth-order valence-corrected chi connectivity index (χ4v) is 2.13. The van der Waals surface area contributed by atoms with Gasteiger partial charge in [-0.3, -0.25) is 0 Å². The summed E-state index contributed by atoms with van der Waals surface area (Å²) in [5, 5.41) is 0. The SMILES string of the molecule is CC(C)(C)[S@](=O)N[C@H](c1ccccc1F)C(F)(F)F. The maximum atomic E-state index is 13.5. The fraction of sp³-hybridized carbons (Fsp3) is 0.500. The van der Waals surface area contributed by atoms with Crippen LogP contribution < -0.4 is 4.72 Å². The molecule has 1 rings (SSSR count). The van der Waals surface area contributed by atoms with Crippen molar-refractivity contribution >= 4 is 11.0 Å². The van der Waals surface area contributed by atoms with Crippen LogP contribution in [0.1, 0.15) is 32.4 Å². The molecule has 0 spiro atoms. The largest absolute Gasteiger partial charge is 0.408 e. The van der Waals surface area contributed by atoms with Gasteiger partial charge in [-0.15, -0.1) is 0 Å². The van der Waals surface area contributed by atoms with Crippen LogP contribution in [0.15, 0.2) is 24.3 Å². The highest BCUT2D eigenvalue weighted by Crippen LogP contribution is 2.34. The number of benzene rings is 1.